The van der Waals surface area contributed by atoms with Crippen LogP contribution in [-0.2, 0) is 4.74 Å². The maximum Gasteiger partial charge on any atom is 0.413 e. The van der Waals surface area contributed by atoms with E-state index in [1.807, 2.05) is 6.07 Å². The number of ether oxygens (including phenoxy) is 1. The number of nitrogens with one attached hydrogen (secondary N) is 1. The number of hydrogen-bond acceptors (Lipinski definition) is 4. The summed E-state index contributed by atoms with van der Waals surface area (Å²) in [6.45, 7) is 3.47. The van der Waals surface area contributed by atoms with E-state index < -0.39 is 6.09 Å². The van der Waals surface area contributed by atoms with Gasteiger partial charge in [0.25, 0.3) is 0 Å². The Labute approximate surface area is 145 Å². The Morgan fingerprint density at radius 1 is 1.50 bits per heavy atom. The van der Waals surface area contributed by atoms with Gasteiger partial charge in [-0.1, -0.05) is 6.07 Å². The summed E-state index contributed by atoms with van der Waals surface area (Å²) >= 11 is 4.70. The molecule has 7 heteroatoms. The molecule has 1 aromatic carbocycles. The van der Waals surface area contributed by atoms with E-state index in [9.17, 15) is 4.79 Å². The summed E-state index contributed by atoms with van der Waals surface area (Å²) < 4.78 is 7.06. The van der Waals surface area contributed by atoms with E-state index in [0.29, 0.717) is 12.5 Å². The molecule has 0 fully saturated rings. The van der Waals surface area contributed by atoms with Crippen LogP contribution in [0.2, 0.25) is 0 Å². The third-order valence-electron chi connectivity index (χ3n) is 3.14. The lowest BCUT2D eigenvalue weighted by atomic mass is 10.1. The molecule has 20 heavy (non-hydrogen) atoms. The minimum absolute atomic E-state index is 0.159. The van der Waals surface area contributed by atoms with Crippen molar-refractivity contribution in [3.05, 3.63) is 30.9 Å². The fraction of sp³-hybridized carbons (Fsp3) is 0.385. The third-order valence-corrected chi connectivity index (χ3v) is 5.02. The number of carbonyl (C=O) groups excluding carboxylic acids is 1. The van der Waals surface area contributed by atoms with Gasteiger partial charge in [-0.25, -0.2) is 4.79 Å². The predicted molar refractivity (Wildman–Crippen MR) is 94.8 cm³/mol. The van der Waals surface area contributed by atoms with Crippen molar-refractivity contribution in [1.82, 2.24) is 10.2 Å². The van der Waals surface area contributed by atoms with Crippen LogP contribution in [0.15, 0.2) is 23.2 Å². The van der Waals surface area contributed by atoms with Crippen LogP contribution in [0, 0.1) is 7.14 Å². The molecular formula is C13H15I2N3O2. The van der Waals surface area contributed by atoms with E-state index in [4.69, 9.17) is 0 Å². The zero-order valence-electron chi connectivity index (χ0n) is 11.2. The lowest BCUT2D eigenvalue weighted by molar-refractivity contribution is 0.175. The maximum absolute atomic E-state index is 11.4. The molecule has 2 rings (SSSR count). The summed E-state index contributed by atoms with van der Waals surface area (Å²) in [6, 6.07) is 6.40. The second kappa shape index (κ2) is 6.92. The molecule has 0 aromatic heterocycles. The molecule has 1 aliphatic heterocycles. The molecule has 1 N–H and O–H groups in total. The molecule has 5 nitrogen and oxygen atoms in total. The topological polar surface area (TPSA) is 53.9 Å². The van der Waals surface area contributed by atoms with Crippen molar-refractivity contribution in [3.63, 3.8) is 0 Å². The molecule has 0 saturated carbocycles. The molecule has 1 heterocycles. The van der Waals surface area contributed by atoms with Crippen LogP contribution in [0.3, 0.4) is 0 Å². The summed E-state index contributed by atoms with van der Waals surface area (Å²) in [7, 11) is 1.35. The number of nitrogens with zero attached hydrogens (tertiary/aromatic N) is 2. The molecule has 0 saturated heterocycles. The Balaban J connectivity index is 2.26. The van der Waals surface area contributed by atoms with Gasteiger partial charge in [0.05, 0.1) is 19.7 Å². The molecule has 0 spiro atoms. The van der Waals surface area contributed by atoms with Crippen molar-refractivity contribution in [3.8, 4) is 0 Å². The summed E-state index contributed by atoms with van der Waals surface area (Å²) in [6.07, 6.45) is -0.486. The van der Waals surface area contributed by atoms with Crippen LogP contribution in [0.25, 0.3) is 0 Å². The summed E-state index contributed by atoms with van der Waals surface area (Å²) in [4.78, 5) is 17.9. The molecule has 0 radical (unpaired) electrons. The van der Waals surface area contributed by atoms with Gasteiger partial charge < -0.3 is 9.64 Å². The molecular weight excluding hydrogens is 484 g/mol. The van der Waals surface area contributed by atoms with Crippen LogP contribution in [0.5, 0.6) is 0 Å². The molecule has 1 unspecified atom stereocenters. The second-order valence-corrected chi connectivity index (χ2v) is 6.54. The van der Waals surface area contributed by atoms with Gasteiger partial charge in [0.2, 0.25) is 5.96 Å². The molecule has 0 bridgehead atoms. The van der Waals surface area contributed by atoms with E-state index in [-0.39, 0.29) is 6.04 Å². The Morgan fingerprint density at radius 2 is 2.15 bits per heavy atom. The smallest absolute Gasteiger partial charge is 0.413 e. The van der Waals surface area contributed by atoms with Crippen LogP contribution in [-0.4, -0.2) is 37.2 Å². The van der Waals surface area contributed by atoms with Crippen LogP contribution >= 0.6 is 45.2 Å². The van der Waals surface area contributed by atoms with Crippen molar-refractivity contribution in [2.24, 2.45) is 4.99 Å². The zero-order valence-corrected chi connectivity index (χ0v) is 15.5. The highest BCUT2D eigenvalue weighted by atomic mass is 127. The molecule has 0 aliphatic carbocycles. The Bertz CT molecular complexity index is 528. The third kappa shape index (κ3) is 3.18. The van der Waals surface area contributed by atoms with Crippen LogP contribution in [0.1, 0.15) is 18.5 Å². The van der Waals surface area contributed by atoms with E-state index in [1.54, 1.807) is 0 Å². The van der Waals surface area contributed by atoms with Crippen molar-refractivity contribution in [1.29, 1.82) is 0 Å². The monoisotopic (exact) mass is 499 g/mol. The average Bonchev–Trinajstić information content (AvgIpc) is 2.81. The second-order valence-electron chi connectivity index (χ2n) is 4.22. The first kappa shape index (κ1) is 15.8. The minimum Gasteiger partial charge on any atom is -0.453 e. The lowest BCUT2D eigenvalue weighted by Crippen LogP contribution is -2.42. The highest BCUT2D eigenvalue weighted by Gasteiger charge is 2.31. The van der Waals surface area contributed by atoms with Gasteiger partial charge >= 0.3 is 6.09 Å². The summed E-state index contributed by atoms with van der Waals surface area (Å²) in [5.41, 5.74) is 1.26. The lowest BCUT2D eigenvalue weighted by Gasteiger charge is -2.28. The van der Waals surface area contributed by atoms with Crippen molar-refractivity contribution in [2.45, 2.75) is 13.0 Å². The van der Waals surface area contributed by atoms with Crippen molar-refractivity contribution < 1.29 is 9.53 Å². The molecule has 108 valence electrons. The number of halogens is 2. The van der Waals surface area contributed by atoms with Crippen molar-refractivity contribution in [2.75, 3.05) is 20.2 Å². The number of alkyl carbamates (subject to hydrolysis) is 1. The average molecular weight is 499 g/mol. The Morgan fingerprint density at radius 3 is 2.70 bits per heavy atom. The maximum atomic E-state index is 11.4. The molecule has 1 atom stereocenters. The number of rotatable bonds is 2. The quantitative estimate of drug-likeness (QED) is 0.638. The molecule has 1 amide bonds. The van der Waals surface area contributed by atoms with Crippen molar-refractivity contribution >= 4 is 57.2 Å². The standard InChI is InChI=1S/C13H15I2N3O2/c1-3-18-10(7-16-12(18)17-13(19)20-2)11-8(14)5-4-6-9(11)15/h4-6,10H,3,7H2,1-2H3,(H,16,17,19). The minimum atomic E-state index is -0.486. The number of carbonyl (C=O) groups is 1. The first-order chi connectivity index (χ1) is 9.58. The summed E-state index contributed by atoms with van der Waals surface area (Å²) in [5.74, 6) is 0.583. The number of methoxy groups -OCH3 is 1. The molecule has 1 aromatic rings. The van der Waals surface area contributed by atoms with Gasteiger partial charge in [-0.15, -0.1) is 0 Å². The largest absolute Gasteiger partial charge is 0.453 e. The van der Waals surface area contributed by atoms with Gasteiger partial charge in [-0.3, -0.25) is 10.3 Å². The molecule has 1 aliphatic rings. The van der Waals surface area contributed by atoms with Gasteiger partial charge in [0.1, 0.15) is 0 Å². The number of amides is 1. The van der Waals surface area contributed by atoms with Gasteiger partial charge in [-0.2, -0.15) is 0 Å². The fourth-order valence-corrected chi connectivity index (χ4v) is 4.44. The Hall–Kier alpha value is -0.580. The van der Waals surface area contributed by atoms with Gasteiger partial charge in [-0.05, 0) is 64.2 Å². The number of aliphatic imine (C=N–C) groups is 1. The van der Waals surface area contributed by atoms with Crippen LogP contribution in [0.4, 0.5) is 4.79 Å². The predicted octanol–water partition coefficient (Wildman–Crippen LogP) is 2.98. The highest BCUT2D eigenvalue weighted by molar-refractivity contribution is 14.1. The number of likely N-dealkylation sites (N-methyl/N-ethyl adjacent to an activating group) is 1. The van der Waals surface area contributed by atoms with Gasteiger partial charge in [0, 0.05) is 19.2 Å². The van der Waals surface area contributed by atoms with E-state index in [2.05, 4.69) is 84.2 Å². The van der Waals surface area contributed by atoms with E-state index in [1.165, 1.54) is 19.8 Å². The first-order valence-corrected chi connectivity index (χ1v) is 8.34. The van der Waals surface area contributed by atoms with E-state index >= 15 is 0 Å². The van der Waals surface area contributed by atoms with Gasteiger partial charge in [0.15, 0.2) is 0 Å². The Kier molecular flexibility index (Phi) is 5.47. The van der Waals surface area contributed by atoms with E-state index in [0.717, 1.165) is 6.54 Å². The summed E-state index contributed by atoms with van der Waals surface area (Å²) in [5, 5.41) is 2.68. The zero-order chi connectivity index (χ0) is 14.7. The first-order valence-electron chi connectivity index (χ1n) is 6.18. The normalized spacial score (nSPS) is 17.9. The number of benzene rings is 1. The van der Waals surface area contributed by atoms with Crippen LogP contribution < -0.4 is 5.32 Å². The fourth-order valence-electron chi connectivity index (χ4n) is 2.21. The SMILES string of the molecule is CCN1C(NC(=O)OC)=NCC1c1c(I)cccc1I. The number of hydrogen-bond donors (Lipinski definition) is 1. The number of guanidine groups is 1. The highest BCUT2D eigenvalue weighted by Crippen LogP contribution is 2.32.